The number of hydrogen-bond acceptors (Lipinski definition) is 6. The van der Waals surface area contributed by atoms with Crippen LogP contribution in [-0.2, 0) is 9.53 Å². The lowest BCUT2D eigenvalue weighted by Gasteiger charge is -2.36. The molecule has 3 N–H and O–H groups in total. The summed E-state index contributed by atoms with van der Waals surface area (Å²) in [7, 11) is 0. The summed E-state index contributed by atoms with van der Waals surface area (Å²) in [4.78, 5) is 22.0. The van der Waals surface area contributed by atoms with Gasteiger partial charge >= 0.3 is 0 Å². The Balaban J connectivity index is 2.27. The number of anilines is 2. The summed E-state index contributed by atoms with van der Waals surface area (Å²) in [6, 6.07) is -0.421. The van der Waals surface area contributed by atoms with E-state index in [0.29, 0.717) is 25.6 Å². The van der Waals surface area contributed by atoms with Crippen LogP contribution in [0.15, 0.2) is 6.33 Å². The summed E-state index contributed by atoms with van der Waals surface area (Å²) in [5.41, 5.74) is 5.69. The van der Waals surface area contributed by atoms with Crippen molar-refractivity contribution in [2.75, 3.05) is 30.4 Å². The summed E-state index contributed by atoms with van der Waals surface area (Å²) < 4.78 is 5.39. The Kier molecular flexibility index (Phi) is 4.61. The smallest absolute Gasteiger partial charge is 0.245 e. The van der Waals surface area contributed by atoms with Crippen LogP contribution in [0.3, 0.4) is 0 Å². The maximum absolute atomic E-state index is 12.2. The Morgan fingerprint density at radius 2 is 2.35 bits per heavy atom. The fraction of sp³-hybridized carbons (Fsp3) is 0.583. The van der Waals surface area contributed by atoms with Crippen molar-refractivity contribution in [1.29, 1.82) is 0 Å². The van der Waals surface area contributed by atoms with Crippen LogP contribution >= 0.6 is 11.6 Å². The zero-order valence-corrected chi connectivity index (χ0v) is 12.2. The molecule has 1 aliphatic heterocycles. The van der Waals surface area contributed by atoms with E-state index in [1.165, 1.54) is 6.33 Å². The van der Waals surface area contributed by atoms with Crippen molar-refractivity contribution in [1.82, 2.24) is 15.3 Å². The van der Waals surface area contributed by atoms with Gasteiger partial charge in [0.2, 0.25) is 5.91 Å². The highest BCUT2D eigenvalue weighted by Crippen LogP contribution is 2.29. The number of nitrogens with one attached hydrogen (secondary N) is 1. The molecular weight excluding hydrogens is 282 g/mol. The molecule has 0 radical (unpaired) electrons. The third kappa shape index (κ3) is 3.10. The third-order valence-corrected chi connectivity index (χ3v) is 3.29. The first-order valence-corrected chi connectivity index (χ1v) is 6.79. The molecule has 0 spiro atoms. The van der Waals surface area contributed by atoms with E-state index in [9.17, 15) is 4.79 Å². The molecule has 0 saturated carbocycles. The second-order valence-corrected chi connectivity index (χ2v) is 5.22. The molecule has 1 atom stereocenters. The first-order chi connectivity index (χ1) is 9.50. The van der Waals surface area contributed by atoms with Crippen LogP contribution in [0.25, 0.3) is 0 Å². The molecule has 1 fully saturated rings. The molecule has 2 rings (SSSR count). The monoisotopic (exact) mass is 299 g/mol. The highest BCUT2D eigenvalue weighted by Gasteiger charge is 2.32. The summed E-state index contributed by atoms with van der Waals surface area (Å²) in [6.07, 6.45) is 1.34. The van der Waals surface area contributed by atoms with E-state index in [2.05, 4.69) is 15.3 Å². The number of halogens is 1. The zero-order valence-electron chi connectivity index (χ0n) is 11.5. The lowest BCUT2D eigenvalue weighted by molar-refractivity contribution is -0.125. The molecule has 1 saturated heterocycles. The Bertz CT molecular complexity index is 497. The second-order valence-electron chi connectivity index (χ2n) is 4.84. The number of amides is 1. The molecule has 1 aromatic heterocycles. The number of ether oxygens (including phenoxy) is 1. The van der Waals surface area contributed by atoms with Crippen LogP contribution in [0.1, 0.15) is 13.8 Å². The SMILES string of the molecule is CC(C)NC(=O)C1COCCN1c1ncnc(N)c1Cl. The number of aromatic nitrogens is 2. The molecule has 1 aliphatic rings. The van der Waals surface area contributed by atoms with Crippen molar-refractivity contribution >= 4 is 29.1 Å². The molecular formula is C12H18ClN5O2. The molecule has 2 heterocycles. The Morgan fingerprint density at radius 3 is 3.05 bits per heavy atom. The van der Waals surface area contributed by atoms with Crippen LogP contribution in [-0.4, -0.2) is 47.7 Å². The highest BCUT2D eigenvalue weighted by atomic mass is 35.5. The molecule has 0 aliphatic carbocycles. The third-order valence-electron chi connectivity index (χ3n) is 2.93. The molecule has 1 aromatic rings. The molecule has 1 unspecified atom stereocenters. The van der Waals surface area contributed by atoms with E-state index in [0.717, 1.165) is 0 Å². The van der Waals surface area contributed by atoms with E-state index in [4.69, 9.17) is 22.1 Å². The molecule has 1 amide bonds. The van der Waals surface area contributed by atoms with E-state index in [1.54, 1.807) is 0 Å². The standard InChI is InChI=1S/C12H18ClN5O2/c1-7(2)17-12(19)8-5-20-4-3-18(8)11-9(13)10(14)15-6-16-11/h6-8H,3-5H2,1-2H3,(H,17,19)(H2,14,15,16). The molecule has 0 bridgehead atoms. The minimum Gasteiger partial charge on any atom is -0.382 e. The normalized spacial score (nSPS) is 19.2. The first-order valence-electron chi connectivity index (χ1n) is 6.41. The van der Waals surface area contributed by atoms with E-state index >= 15 is 0 Å². The van der Waals surface area contributed by atoms with Crippen LogP contribution in [0, 0.1) is 0 Å². The average Bonchev–Trinajstić information content (AvgIpc) is 2.41. The van der Waals surface area contributed by atoms with Gasteiger partial charge in [0.05, 0.1) is 13.2 Å². The van der Waals surface area contributed by atoms with Gasteiger partial charge in [-0.1, -0.05) is 11.6 Å². The van der Waals surface area contributed by atoms with Crippen LogP contribution in [0.5, 0.6) is 0 Å². The lowest BCUT2D eigenvalue weighted by atomic mass is 10.2. The fourth-order valence-electron chi connectivity index (χ4n) is 2.03. The number of nitrogen functional groups attached to an aromatic ring is 1. The summed E-state index contributed by atoms with van der Waals surface area (Å²) in [6.45, 7) is 5.12. The van der Waals surface area contributed by atoms with Gasteiger partial charge in [0.15, 0.2) is 5.82 Å². The van der Waals surface area contributed by atoms with Gasteiger partial charge in [-0.3, -0.25) is 4.79 Å². The van der Waals surface area contributed by atoms with E-state index < -0.39 is 6.04 Å². The number of carbonyl (C=O) groups excluding carboxylic acids is 1. The van der Waals surface area contributed by atoms with Gasteiger partial charge in [-0.15, -0.1) is 0 Å². The molecule has 7 nitrogen and oxygen atoms in total. The second kappa shape index (κ2) is 6.23. The van der Waals surface area contributed by atoms with Gasteiger partial charge in [-0.05, 0) is 13.8 Å². The number of nitrogens with zero attached hydrogens (tertiary/aromatic N) is 3. The largest absolute Gasteiger partial charge is 0.382 e. The number of hydrogen-bond donors (Lipinski definition) is 2. The minimum absolute atomic E-state index is 0.0530. The Hall–Kier alpha value is -1.60. The van der Waals surface area contributed by atoms with Crippen LogP contribution < -0.4 is 16.0 Å². The Labute approximate surface area is 122 Å². The maximum Gasteiger partial charge on any atom is 0.245 e. The van der Waals surface area contributed by atoms with Gasteiger partial charge in [-0.2, -0.15) is 0 Å². The van der Waals surface area contributed by atoms with Gasteiger partial charge in [-0.25, -0.2) is 9.97 Å². The topological polar surface area (TPSA) is 93.4 Å². The molecule has 110 valence electrons. The highest BCUT2D eigenvalue weighted by molar-refractivity contribution is 6.35. The number of nitrogens with two attached hydrogens (primary N) is 1. The summed E-state index contributed by atoms with van der Waals surface area (Å²) >= 11 is 6.14. The van der Waals surface area contributed by atoms with Gasteiger partial charge < -0.3 is 20.7 Å². The van der Waals surface area contributed by atoms with Crippen LogP contribution in [0.4, 0.5) is 11.6 Å². The Morgan fingerprint density at radius 1 is 1.60 bits per heavy atom. The van der Waals surface area contributed by atoms with Gasteiger partial charge in [0, 0.05) is 12.6 Å². The molecule has 20 heavy (non-hydrogen) atoms. The van der Waals surface area contributed by atoms with Crippen molar-refractivity contribution in [2.45, 2.75) is 25.9 Å². The van der Waals surface area contributed by atoms with Crippen molar-refractivity contribution < 1.29 is 9.53 Å². The van der Waals surface area contributed by atoms with Crippen molar-refractivity contribution in [2.24, 2.45) is 0 Å². The maximum atomic E-state index is 12.2. The van der Waals surface area contributed by atoms with Crippen molar-refractivity contribution in [3.05, 3.63) is 11.3 Å². The first kappa shape index (κ1) is 14.8. The van der Waals surface area contributed by atoms with E-state index in [1.807, 2.05) is 18.7 Å². The number of morpholine rings is 1. The van der Waals surface area contributed by atoms with Crippen molar-refractivity contribution in [3.63, 3.8) is 0 Å². The lowest BCUT2D eigenvalue weighted by Crippen LogP contribution is -2.55. The summed E-state index contributed by atoms with van der Waals surface area (Å²) in [5.74, 6) is 0.547. The quantitative estimate of drug-likeness (QED) is 0.841. The van der Waals surface area contributed by atoms with Gasteiger partial charge in [0.1, 0.15) is 23.2 Å². The predicted octanol–water partition coefficient (Wildman–Crippen LogP) is 0.442. The van der Waals surface area contributed by atoms with Crippen molar-refractivity contribution in [3.8, 4) is 0 Å². The molecule has 0 aromatic carbocycles. The minimum atomic E-state index is -0.474. The van der Waals surface area contributed by atoms with E-state index in [-0.39, 0.29) is 22.8 Å². The molecule has 8 heteroatoms. The number of rotatable bonds is 3. The summed E-state index contributed by atoms with van der Waals surface area (Å²) in [5, 5.41) is 3.13. The number of carbonyl (C=O) groups is 1. The van der Waals surface area contributed by atoms with Crippen LogP contribution in [0.2, 0.25) is 5.02 Å². The van der Waals surface area contributed by atoms with Gasteiger partial charge in [0.25, 0.3) is 0 Å². The average molecular weight is 300 g/mol. The zero-order chi connectivity index (χ0) is 14.7. The fourth-order valence-corrected chi connectivity index (χ4v) is 2.24. The predicted molar refractivity (Wildman–Crippen MR) is 76.7 cm³/mol.